The minimum absolute atomic E-state index is 0.0824. The number of benzene rings is 1. The van der Waals surface area contributed by atoms with Gasteiger partial charge in [-0.2, -0.15) is 0 Å². The first-order chi connectivity index (χ1) is 11.6. The Morgan fingerprint density at radius 3 is 2.62 bits per heavy atom. The van der Waals surface area contributed by atoms with Crippen molar-refractivity contribution < 1.29 is 9.18 Å². The third kappa shape index (κ3) is 2.90. The number of nitrogens with zero attached hydrogens (tertiary/aromatic N) is 4. The average molecular weight is 349 g/mol. The van der Waals surface area contributed by atoms with Gasteiger partial charge in [0.15, 0.2) is 0 Å². The summed E-state index contributed by atoms with van der Waals surface area (Å²) in [5.41, 5.74) is 0.0824. The standard InChI is InChI=1S/C17H18ClFN4O/c18-12-1-4-14(15(19)9-12)17(24)22-7-5-11(6-8-22)16-21-20-10-23(16)13-2-3-13/h1,4,9-11,13H,2-3,5-8H2. The lowest BCUT2D eigenvalue weighted by molar-refractivity contribution is 0.0705. The molecule has 0 bridgehead atoms. The Hall–Kier alpha value is -1.95. The summed E-state index contributed by atoms with van der Waals surface area (Å²) in [7, 11) is 0. The molecule has 2 fully saturated rings. The molecule has 0 spiro atoms. The van der Waals surface area contributed by atoms with Crippen LogP contribution in [0.2, 0.25) is 5.02 Å². The average Bonchev–Trinajstić information content (AvgIpc) is 3.31. The van der Waals surface area contributed by atoms with Gasteiger partial charge in [-0.25, -0.2) is 4.39 Å². The van der Waals surface area contributed by atoms with E-state index < -0.39 is 5.82 Å². The van der Waals surface area contributed by atoms with Crippen LogP contribution in [-0.2, 0) is 0 Å². The third-order valence-corrected chi connectivity index (χ3v) is 5.08. The number of piperidine rings is 1. The molecular weight excluding hydrogens is 331 g/mol. The van der Waals surface area contributed by atoms with E-state index in [1.54, 1.807) is 11.0 Å². The van der Waals surface area contributed by atoms with E-state index in [0.717, 1.165) is 18.7 Å². The molecule has 126 valence electrons. The van der Waals surface area contributed by atoms with Gasteiger partial charge in [-0.05, 0) is 43.9 Å². The van der Waals surface area contributed by atoms with Crippen molar-refractivity contribution >= 4 is 17.5 Å². The van der Waals surface area contributed by atoms with Crippen molar-refractivity contribution in [3.05, 3.63) is 46.8 Å². The van der Waals surface area contributed by atoms with Crippen LogP contribution < -0.4 is 0 Å². The predicted octanol–water partition coefficient (Wildman–Crippen LogP) is 3.43. The minimum Gasteiger partial charge on any atom is -0.339 e. The van der Waals surface area contributed by atoms with Crippen LogP contribution in [0.25, 0.3) is 0 Å². The Balaban J connectivity index is 1.44. The largest absolute Gasteiger partial charge is 0.339 e. The predicted molar refractivity (Wildman–Crippen MR) is 87.6 cm³/mol. The first-order valence-electron chi connectivity index (χ1n) is 8.27. The van der Waals surface area contributed by atoms with E-state index in [1.165, 1.54) is 25.0 Å². The van der Waals surface area contributed by atoms with Crippen molar-refractivity contribution in [1.82, 2.24) is 19.7 Å². The van der Waals surface area contributed by atoms with Gasteiger partial charge in [-0.15, -0.1) is 10.2 Å². The lowest BCUT2D eigenvalue weighted by Gasteiger charge is -2.31. The quantitative estimate of drug-likeness (QED) is 0.854. The fraction of sp³-hybridized carbons (Fsp3) is 0.471. The highest BCUT2D eigenvalue weighted by Crippen LogP contribution is 2.38. The molecule has 1 aromatic heterocycles. The fourth-order valence-electron chi connectivity index (χ4n) is 3.35. The van der Waals surface area contributed by atoms with E-state index in [4.69, 9.17) is 11.6 Å². The molecule has 1 saturated heterocycles. The van der Waals surface area contributed by atoms with Gasteiger partial charge in [0, 0.05) is 30.1 Å². The summed E-state index contributed by atoms with van der Waals surface area (Å²) < 4.78 is 16.1. The van der Waals surface area contributed by atoms with Crippen LogP contribution in [-0.4, -0.2) is 38.7 Å². The Bertz CT molecular complexity index is 766. The molecule has 5 nitrogen and oxygen atoms in total. The number of aromatic nitrogens is 3. The molecule has 0 N–H and O–H groups in total. The van der Waals surface area contributed by atoms with Crippen LogP contribution in [0.1, 0.15) is 53.8 Å². The molecule has 1 aromatic carbocycles. The van der Waals surface area contributed by atoms with Crippen LogP contribution in [0.5, 0.6) is 0 Å². The zero-order valence-electron chi connectivity index (χ0n) is 13.2. The number of rotatable bonds is 3. The van der Waals surface area contributed by atoms with Gasteiger partial charge in [0.1, 0.15) is 18.0 Å². The third-order valence-electron chi connectivity index (χ3n) is 4.85. The maximum atomic E-state index is 14.0. The summed E-state index contributed by atoms with van der Waals surface area (Å²) in [6.07, 6.45) is 5.85. The molecule has 2 aliphatic rings. The van der Waals surface area contributed by atoms with E-state index in [0.29, 0.717) is 30.1 Å². The second kappa shape index (κ2) is 6.16. The topological polar surface area (TPSA) is 51.0 Å². The zero-order valence-corrected chi connectivity index (χ0v) is 13.9. The summed E-state index contributed by atoms with van der Waals surface area (Å²) in [6, 6.07) is 4.73. The van der Waals surface area contributed by atoms with E-state index >= 15 is 0 Å². The number of carbonyl (C=O) groups excluding carboxylic acids is 1. The van der Waals surface area contributed by atoms with Gasteiger partial charge in [-0.1, -0.05) is 11.6 Å². The molecule has 0 unspecified atom stereocenters. The molecule has 2 aromatic rings. The Labute approximate surface area is 144 Å². The first kappa shape index (κ1) is 15.6. The smallest absolute Gasteiger partial charge is 0.256 e. The molecule has 1 saturated carbocycles. The second-order valence-electron chi connectivity index (χ2n) is 6.52. The normalized spacial score (nSPS) is 18.8. The van der Waals surface area contributed by atoms with Crippen molar-refractivity contribution in [2.45, 2.75) is 37.6 Å². The summed E-state index contributed by atoms with van der Waals surface area (Å²) in [6.45, 7) is 1.20. The second-order valence-corrected chi connectivity index (χ2v) is 6.95. The van der Waals surface area contributed by atoms with Crippen molar-refractivity contribution in [3.8, 4) is 0 Å². The van der Waals surface area contributed by atoms with E-state index in [-0.39, 0.29) is 11.5 Å². The zero-order chi connectivity index (χ0) is 16.7. The van der Waals surface area contributed by atoms with Crippen molar-refractivity contribution in [1.29, 1.82) is 0 Å². The summed E-state index contributed by atoms with van der Waals surface area (Å²) in [5, 5.41) is 8.63. The molecule has 0 atom stereocenters. The monoisotopic (exact) mass is 348 g/mol. The van der Waals surface area contributed by atoms with Gasteiger partial charge < -0.3 is 9.47 Å². The van der Waals surface area contributed by atoms with Gasteiger partial charge in [0.25, 0.3) is 5.91 Å². The maximum absolute atomic E-state index is 14.0. The molecule has 2 heterocycles. The van der Waals surface area contributed by atoms with Crippen LogP contribution in [0, 0.1) is 5.82 Å². The van der Waals surface area contributed by atoms with Crippen molar-refractivity contribution in [2.75, 3.05) is 13.1 Å². The summed E-state index contributed by atoms with van der Waals surface area (Å²) >= 11 is 5.75. The van der Waals surface area contributed by atoms with Crippen molar-refractivity contribution in [2.24, 2.45) is 0 Å². The first-order valence-corrected chi connectivity index (χ1v) is 8.65. The Morgan fingerprint density at radius 2 is 1.96 bits per heavy atom. The molecule has 1 amide bonds. The lowest BCUT2D eigenvalue weighted by atomic mass is 9.95. The van der Waals surface area contributed by atoms with Crippen molar-refractivity contribution in [3.63, 3.8) is 0 Å². The minimum atomic E-state index is -0.567. The van der Waals surface area contributed by atoms with Gasteiger partial charge in [0.2, 0.25) is 0 Å². The molecule has 1 aliphatic carbocycles. The Morgan fingerprint density at radius 1 is 1.21 bits per heavy atom. The van der Waals surface area contributed by atoms with E-state index in [9.17, 15) is 9.18 Å². The van der Waals surface area contributed by atoms with Crippen LogP contribution >= 0.6 is 11.6 Å². The SMILES string of the molecule is O=C(c1ccc(Cl)cc1F)N1CCC(c2nncn2C2CC2)CC1. The number of amides is 1. The highest BCUT2D eigenvalue weighted by Gasteiger charge is 2.32. The number of likely N-dealkylation sites (tertiary alicyclic amines) is 1. The van der Waals surface area contributed by atoms with E-state index in [1.807, 2.05) is 6.33 Å². The number of halogens is 2. The van der Waals surface area contributed by atoms with Crippen LogP contribution in [0.4, 0.5) is 4.39 Å². The molecule has 7 heteroatoms. The Kier molecular flexibility index (Phi) is 4.00. The number of hydrogen-bond acceptors (Lipinski definition) is 3. The van der Waals surface area contributed by atoms with Gasteiger partial charge >= 0.3 is 0 Å². The highest BCUT2D eigenvalue weighted by atomic mass is 35.5. The number of carbonyl (C=O) groups is 1. The van der Waals surface area contributed by atoms with Gasteiger partial charge in [-0.3, -0.25) is 4.79 Å². The van der Waals surface area contributed by atoms with Gasteiger partial charge in [0.05, 0.1) is 5.56 Å². The summed E-state index contributed by atoms with van der Waals surface area (Å²) in [5.74, 6) is 0.504. The fourth-order valence-corrected chi connectivity index (χ4v) is 3.51. The summed E-state index contributed by atoms with van der Waals surface area (Å²) in [4.78, 5) is 14.2. The highest BCUT2D eigenvalue weighted by molar-refractivity contribution is 6.30. The molecule has 1 aliphatic heterocycles. The molecular formula is C17H18ClFN4O. The van der Waals surface area contributed by atoms with Crippen LogP contribution in [0.3, 0.4) is 0 Å². The molecule has 4 rings (SSSR count). The van der Waals surface area contributed by atoms with E-state index in [2.05, 4.69) is 14.8 Å². The molecule has 24 heavy (non-hydrogen) atoms. The number of hydrogen-bond donors (Lipinski definition) is 0. The molecule has 0 radical (unpaired) electrons. The maximum Gasteiger partial charge on any atom is 0.256 e. The lowest BCUT2D eigenvalue weighted by Crippen LogP contribution is -2.38. The van der Waals surface area contributed by atoms with Crippen LogP contribution in [0.15, 0.2) is 24.5 Å².